The van der Waals surface area contributed by atoms with Gasteiger partial charge in [0.1, 0.15) is 0 Å². The van der Waals surface area contributed by atoms with Crippen molar-refractivity contribution in [2.45, 2.75) is 19.3 Å². The Morgan fingerprint density at radius 1 is 1.24 bits per heavy atom. The number of carbonyl (C=O) groups excluding carboxylic acids is 2. The van der Waals surface area contributed by atoms with Gasteiger partial charge < -0.3 is 4.90 Å². The SMILES string of the molecule is CC1(C)C(=O)N(CC(=O)c2ccc(Br)s2)c2ccccc21. The van der Waals surface area contributed by atoms with Crippen LogP contribution >= 0.6 is 27.3 Å². The van der Waals surface area contributed by atoms with E-state index in [-0.39, 0.29) is 18.2 Å². The Morgan fingerprint density at radius 3 is 2.62 bits per heavy atom. The van der Waals surface area contributed by atoms with Gasteiger partial charge in [-0.2, -0.15) is 0 Å². The number of rotatable bonds is 3. The van der Waals surface area contributed by atoms with Gasteiger partial charge in [0.2, 0.25) is 5.91 Å². The van der Waals surface area contributed by atoms with E-state index in [1.54, 1.807) is 11.0 Å². The summed E-state index contributed by atoms with van der Waals surface area (Å²) in [6, 6.07) is 11.3. The van der Waals surface area contributed by atoms with Gasteiger partial charge in [-0.3, -0.25) is 9.59 Å². The molecule has 0 fully saturated rings. The van der Waals surface area contributed by atoms with Gasteiger partial charge in [-0.15, -0.1) is 11.3 Å². The third-order valence-electron chi connectivity index (χ3n) is 3.80. The molecule has 1 amide bonds. The molecule has 1 aliphatic rings. The smallest absolute Gasteiger partial charge is 0.237 e. The third kappa shape index (κ3) is 2.34. The molecular formula is C16H14BrNO2S. The first-order valence-electron chi connectivity index (χ1n) is 6.61. The molecule has 108 valence electrons. The minimum atomic E-state index is -0.576. The zero-order chi connectivity index (χ0) is 15.2. The monoisotopic (exact) mass is 363 g/mol. The molecule has 0 spiro atoms. The highest BCUT2D eigenvalue weighted by Gasteiger charge is 2.44. The first-order chi connectivity index (χ1) is 9.91. The lowest BCUT2D eigenvalue weighted by molar-refractivity contribution is -0.122. The van der Waals surface area contributed by atoms with E-state index < -0.39 is 5.41 Å². The van der Waals surface area contributed by atoms with Crippen LogP contribution in [0.1, 0.15) is 29.1 Å². The number of hydrogen-bond donors (Lipinski definition) is 0. The van der Waals surface area contributed by atoms with Gasteiger partial charge in [0, 0.05) is 5.69 Å². The van der Waals surface area contributed by atoms with Crippen LogP contribution in [-0.4, -0.2) is 18.2 Å². The van der Waals surface area contributed by atoms with E-state index in [4.69, 9.17) is 0 Å². The number of hydrogen-bond acceptors (Lipinski definition) is 3. The molecule has 5 heteroatoms. The van der Waals surface area contributed by atoms with Crippen molar-refractivity contribution < 1.29 is 9.59 Å². The van der Waals surface area contributed by atoms with E-state index in [9.17, 15) is 9.59 Å². The van der Waals surface area contributed by atoms with E-state index in [0.717, 1.165) is 15.0 Å². The van der Waals surface area contributed by atoms with Gasteiger partial charge in [-0.25, -0.2) is 0 Å². The predicted molar refractivity (Wildman–Crippen MR) is 88.2 cm³/mol. The molecule has 0 saturated carbocycles. The van der Waals surface area contributed by atoms with E-state index in [1.807, 2.05) is 44.2 Å². The quantitative estimate of drug-likeness (QED) is 0.772. The number of ketones is 1. The maximum Gasteiger partial charge on any atom is 0.237 e. The molecule has 1 aliphatic heterocycles. The lowest BCUT2D eigenvalue weighted by Gasteiger charge is -2.19. The average Bonchev–Trinajstić information content (AvgIpc) is 2.96. The highest BCUT2D eigenvalue weighted by Crippen LogP contribution is 2.41. The topological polar surface area (TPSA) is 37.4 Å². The molecule has 3 nitrogen and oxygen atoms in total. The van der Waals surface area contributed by atoms with Crippen molar-refractivity contribution in [1.29, 1.82) is 0 Å². The molecule has 0 unspecified atom stereocenters. The lowest BCUT2D eigenvalue weighted by atomic mass is 9.86. The van der Waals surface area contributed by atoms with Crippen LogP contribution in [0.3, 0.4) is 0 Å². The van der Waals surface area contributed by atoms with Crippen molar-refractivity contribution in [2.75, 3.05) is 11.4 Å². The summed E-state index contributed by atoms with van der Waals surface area (Å²) >= 11 is 4.75. The fourth-order valence-corrected chi connectivity index (χ4v) is 3.96. The Kier molecular flexibility index (Phi) is 3.50. The first-order valence-corrected chi connectivity index (χ1v) is 8.22. The number of anilines is 1. The van der Waals surface area contributed by atoms with Gasteiger partial charge in [-0.1, -0.05) is 18.2 Å². The molecule has 0 bridgehead atoms. The Hall–Kier alpha value is -1.46. The van der Waals surface area contributed by atoms with Crippen LogP contribution < -0.4 is 4.90 Å². The zero-order valence-corrected chi connectivity index (χ0v) is 14.1. The molecule has 1 aromatic carbocycles. The van der Waals surface area contributed by atoms with Crippen molar-refractivity contribution in [3.8, 4) is 0 Å². The number of amides is 1. The number of benzene rings is 1. The Morgan fingerprint density at radius 2 is 1.95 bits per heavy atom. The molecule has 2 heterocycles. The number of carbonyl (C=O) groups is 2. The van der Waals surface area contributed by atoms with Crippen molar-refractivity contribution in [1.82, 2.24) is 0 Å². The van der Waals surface area contributed by atoms with E-state index >= 15 is 0 Å². The summed E-state index contributed by atoms with van der Waals surface area (Å²) in [6.07, 6.45) is 0. The summed E-state index contributed by atoms with van der Waals surface area (Å²) in [7, 11) is 0. The van der Waals surface area contributed by atoms with Crippen LogP contribution in [0.5, 0.6) is 0 Å². The molecule has 1 aromatic heterocycles. The minimum Gasteiger partial charge on any atom is -0.304 e. The van der Waals surface area contributed by atoms with E-state index in [2.05, 4.69) is 15.9 Å². The minimum absolute atomic E-state index is 0.0207. The first kappa shape index (κ1) is 14.5. The summed E-state index contributed by atoms with van der Waals surface area (Å²) in [5.41, 5.74) is 1.25. The maximum atomic E-state index is 12.6. The molecule has 21 heavy (non-hydrogen) atoms. The molecular weight excluding hydrogens is 350 g/mol. The van der Waals surface area contributed by atoms with Gasteiger partial charge in [0.25, 0.3) is 0 Å². The van der Waals surface area contributed by atoms with Crippen LogP contribution in [0.2, 0.25) is 0 Å². The van der Waals surface area contributed by atoms with Crippen molar-refractivity contribution in [3.63, 3.8) is 0 Å². The number of halogens is 1. The molecule has 0 aliphatic carbocycles. The van der Waals surface area contributed by atoms with Crippen LogP contribution in [0.4, 0.5) is 5.69 Å². The molecule has 0 N–H and O–H groups in total. The second kappa shape index (κ2) is 5.07. The predicted octanol–water partition coefficient (Wildman–Crippen LogP) is 4.02. The average molecular weight is 364 g/mol. The Balaban J connectivity index is 1.93. The van der Waals surface area contributed by atoms with Crippen LogP contribution in [0.25, 0.3) is 0 Å². The van der Waals surface area contributed by atoms with Crippen molar-refractivity contribution >= 4 is 44.6 Å². The van der Waals surface area contributed by atoms with Gasteiger partial charge in [0.15, 0.2) is 5.78 Å². The largest absolute Gasteiger partial charge is 0.304 e. The fraction of sp³-hybridized carbons (Fsp3) is 0.250. The molecule has 0 saturated heterocycles. The Bertz CT molecular complexity index is 735. The second-order valence-corrected chi connectivity index (χ2v) is 8.02. The molecule has 0 radical (unpaired) electrons. The van der Waals surface area contributed by atoms with Gasteiger partial charge >= 0.3 is 0 Å². The van der Waals surface area contributed by atoms with Crippen molar-refractivity contribution in [3.05, 3.63) is 50.6 Å². The summed E-state index contributed by atoms with van der Waals surface area (Å²) in [5.74, 6) is -0.0563. The summed E-state index contributed by atoms with van der Waals surface area (Å²) < 4.78 is 0.916. The summed E-state index contributed by atoms with van der Waals surface area (Å²) in [4.78, 5) is 27.3. The standard InChI is InChI=1S/C16H14BrNO2S/c1-16(2)10-5-3-4-6-11(10)18(15(16)20)9-12(19)13-7-8-14(17)21-13/h3-8H,9H2,1-2H3. The Labute approximate surface area is 135 Å². The molecule has 2 aromatic rings. The number of thiophene rings is 1. The maximum absolute atomic E-state index is 12.6. The second-order valence-electron chi connectivity index (χ2n) is 5.56. The number of nitrogens with zero attached hydrogens (tertiary/aromatic N) is 1. The van der Waals surface area contributed by atoms with Crippen LogP contribution in [0.15, 0.2) is 40.2 Å². The molecule has 3 rings (SSSR count). The van der Waals surface area contributed by atoms with Crippen LogP contribution in [0, 0.1) is 0 Å². The lowest BCUT2D eigenvalue weighted by Crippen LogP contribution is -2.39. The van der Waals surface area contributed by atoms with Crippen molar-refractivity contribution in [2.24, 2.45) is 0 Å². The highest BCUT2D eigenvalue weighted by atomic mass is 79.9. The fourth-order valence-electron chi connectivity index (χ4n) is 2.64. The number of para-hydroxylation sites is 1. The normalized spacial score (nSPS) is 16.1. The summed E-state index contributed by atoms with van der Waals surface area (Å²) in [5, 5.41) is 0. The van der Waals surface area contributed by atoms with E-state index in [0.29, 0.717) is 4.88 Å². The van der Waals surface area contributed by atoms with Crippen LogP contribution in [-0.2, 0) is 10.2 Å². The number of Topliss-reactive ketones (excluding diaryl/α,β-unsaturated/α-hetero) is 1. The third-order valence-corrected chi connectivity index (χ3v) is 5.46. The van der Waals surface area contributed by atoms with Gasteiger partial charge in [0.05, 0.1) is 20.6 Å². The van der Waals surface area contributed by atoms with Gasteiger partial charge in [-0.05, 0) is 53.5 Å². The zero-order valence-electron chi connectivity index (χ0n) is 11.7. The molecule has 0 atom stereocenters. The number of fused-ring (bicyclic) bond motifs is 1. The van der Waals surface area contributed by atoms with E-state index in [1.165, 1.54) is 11.3 Å². The summed E-state index contributed by atoms with van der Waals surface area (Å²) in [6.45, 7) is 3.90. The highest BCUT2D eigenvalue weighted by molar-refractivity contribution is 9.11.